The fraction of sp³-hybridized carbons (Fsp3) is 0.450. The minimum atomic E-state index is -4.40. The summed E-state index contributed by atoms with van der Waals surface area (Å²) >= 11 is 0. The number of hydrogen-bond donors (Lipinski definition) is 0. The van der Waals surface area contributed by atoms with Crippen LogP contribution >= 0.6 is 0 Å². The topological polar surface area (TPSA) is 49.3 Å². The third-order valence-electron chi connectivity index (χ3n) is 4.92. The van der Waals surface area contributed by atoms with Crippen LogP contribution in [0, 0.1) is 0 Å². The summed E-state index contributed by atoms with van der Waals surface area (Å²) in [6, 6.07) is 5.12. The van der Waals surface area contributed by atoms with Crippen LogP contribution in [-0.4, -0.2) is 59.4 Å². The van der Waals surface area contributed by atoms with Crippen LogP contribution in [0.15, 0.2) is 36.7 Å². The lowest BCUT2D eigenvalue weighted by atomic mass is 9.94. The zero-order valence-corrected chi connectivity index (χ0v) is 15.9. The van der Waals surface area contributed by atoms with Gasteiger partial charge in [0.1, 0.15) is 0 Å². The molecule has 1 aliphatic rings. The molecule has 2 aromatic rings. The number of alkyl halides is 3. The van der Waals surface area contributed by atoms with E-state index < -0.39 is 11.7 Å². The summed E-state index contributed by atoms with van der Waals surface area (Å²) in [7, 11) is 3.46. The van der Waals surface area contributed by atoms with Gasteiger partial charge in [0, 0.05) is 38.3 Å². The maximum absolute atomic E-state index is 13.0. The van der Waals surface area contributed by atoms with Gasteiger partial charge in [0.25, 0.3) is 0 Å². The van der Waals surface area contributed by atoms with Crippen molar-refractivity contribution in [2.45, 2.75) is 24.9 Å². The summed E-state index contributed by atoms with van der Waals surface area (Å²) < 4.78 is 39.0. The van der Waals surface area contributed by atoms with Gasteiger partial charge < -0.3 is 4.90 Å². The lowest BCUT2D eigenvalue weighted by molar-refractivity contribution is -0.137. The Kier molecular flexibility index (Phi) is 5.98. The van der Waals surface area contributed by atoms with Crippen LogP contribution in [0.2, 0.25) is 0 Å². The Balaban J connectivity index is 1.79. The van der Waals surface area contributed by atoms with Crippen molar-refractivity contribution in [2.75, 3.05) is 33.7 Å². The number of hydrogen-bond acceptors (Lipinski definition) is 4. The number of amides is 1. The normalized spacial score (nSPS) is 18.1. The molecule has 28 heavy (non-hydrogen) atoms. The van der Waals surface area contributed by atoms with Gasteiger partial charge in [-0.1, -0.05) is 12.1 Å². The number of carbonyl (C=O) groups excluding carboxylic acids is 1. The van der Waals surface area contributed by atoms with E-state index in [1.807, 2.05) is 0 Å². The van der Waals surface area contributed by atoms with Crippen molar-refractivity contribution in [1.82, 2.24) is 19.8 Å². The van der Waals surface area contributed by atoms with Gasteiger partial charge in [-0.15, -0.1) is 0 Å². The molecule has 0 bridgehead atoms. The van der Waals surface area contributed by atoms with E-state index in [4.69, 9.17) is 0 Å². The lowest BCUT2D eigenvalue weighted by Crippen LogP contribution is -2.41. The molecule has 1 aromatic heterocycles. The number of carbonyl (C=O) groups is 1. The van der Waals surface area contributed by atoms with Crippen molar-refractivity contribution in [2.24, 2.45) is 0 Å². The molecule has 150 valence electrons. The Hall–Kier alpha value is -2.48. The molecule has 5 nitrogen and oxygen atoms in total. The summed E-state index contributed by atoms with van der Waals surface area (Å²) in [6.07, 6.45) is 0.590. The third-order valence-corrected chi connectivity index (χ3v) is 4.92. The number of rotatable bonds is 4. The smallest absolute Gasteiger partial charge is 0.348 e. The minimum absolute atomic E-state index is 0.0458. The highest BCUT2D eigenvalue weighted by atomic mass is 19.4. The van der Waals surface area contributed by atoms with Gasteiger partial charge in [0.15, 0.2) is 0 Å². The van der Waals surface area contributed by atoms with Gasteiger partial charge in [0.05, 0.1) is 29.7 Å². The summed E-state index contributed by atoms with van der Waals surface area (Å²) in [4.78, 5) is 24.4. The van der Waals surface area contributed by atoms with E-state index in [-0.39, 0.29) is 11.8 Å². The second-order valence-electron chi connectivity index (χ2n) is 7.27. The Morgan fingerprint density at radius 1 is 1.29 bits per heavy atom. The number of likely N-dealkylation sites (N-methyl/N-ethyl adjacent to an activating group) is 1. The lowest BCUT2D eigenvalue weighted by Gasteiger charge is -2.32. The Labute approximate surface area is 162 Å². The molecule has 0 N–H and O–H groups in total. The Bertz CT molecular complexity index is 838. The number of benzene rings is 1. The van der Waals surface area contributed by atoms with Crippen LogP contribution in [0.1, 0.15) is 30.0 Å². The van der Waals surface area contributed by atoms with E-state index in [2.05, 4.69) is 14.9 Å². The quantitative estimate of drug-likeness (QED) is 0.800. The summed E-state index contributed by atoms with van der Waals surface area (Å²) in [5.74, 6) is 0.145. The molecule has 0 spiro atoms. The molecule has 1 aromatic carbocycles. The van der Waals surface area contributed by atoms with Gasteiger partial charge in [-0.25, -0.2) is 4.98 Å². The van der Waals surface area contributed by atoms with Crippen LogP contribution in [0.25, 0.3) is 11.3 Å². The molecular formula is C20H23F3N4O. The number of piperidine rings is 1. The van der Waals surface area contributed by atoms with E-state index in [0.29, 0.717) is 24.3 Å². The fourth-order valence-corrected chi connectivity index (χ4v) is 3.34. The van der Waals surface area contributed by atoms with Crippen LogP contribution in [0.4, 0.5) is 13.2 Å². The maximum Gasteiger partial charge on any atom is 0.416 e. The highest BCUT2D eigenvalue weighted by Crippen LogP contribution is 2.32. The summed E-state index contributed by atoms with van der Waals surface area (Å²) in [5, 5.41) is 0. The van der Waals surface area contributed by atoms with E-state index in [1.165, 1.54) is 12.3 Å². The second kappa shape index (κ2) is 8.26. The minimum Gasteiger partial charge on any atom is -0.348 e. The van der Waals surface area contributed by atoms with Crippen molar-refractivity contribution >= 4 is 5.91 Å². The SMILES string of the molecule is CN(C)C(=O)CN1CCC[C@@H](c2cncc(-c3cccc(C(F)(F)F)c3)n2)C1. The van der Waals surface area contributed by atoms with Crippen LogP contribution in [0.3, 0.4) is 0 Å². The first-order valence-corrected chi connectivity index (χ1v) is 9.16. The monoisotopic (exact) mass is 392 g/mol. The molecule has 3 rings (SSSR count). The predicted molar refractivity (Wildman–Crippen MR) is 99.6 cm³/mol. The van der Waals surface area contributed by atoms with Crippen LogP contribution in [0.5, 0.6) is 0 Å². The molecule has 1 aliphatic heterocycles. The first-order chi connectivity index (χ1) is 13.2. The summed E-state index contributed by atoms with van der Waals surface area (Å²) in [6.45, 7) is 1.88. The zero-order valence-electron chi connectivity index (χ0n) is 15.9. The average molecular weight is 392 g/mol. The Morgan fingerprint density at radius 2 is 2.07 bits per heavy atom. The van der Waals surface area contributed by atoms with Crippen molar-refractivity contribution in [3.63, 3.8) is 0 Å². The number of likely N-dealkylation sites (tertiary alicyclic amines) is 1. The molecule has 1 atom stereocenters. The standard InChI is InChI=1S/C20H23F3N4O/c1-26(2)19(28)13-27-8-4-6-15(12-27)18-11-24-10-17(25-18)14-5-3-7-16(9-14)20(21,22)23/h3,5,7,9-11,15H,4,6,8,12-13H2,1-2H3/t15-/m1/s1. The first-order valence-electron chi connectivity index (χ1n) is 9.16. The molecular weight excluding hydrogens is 369 g/mol. The number of nitrogens with zero attached hydrogens (tertiary/aromatic N) is 4. The average Bonchev–Trinajstić information content (AvgIpc) is 2.67. The molecule has 1 saturated heterocycles. The van der Waals surface area contributed by atoms with Crippen LogP contribution in [-0.2, 0) is 11.0 Å². The van der Waals surface area contributed by atoms with Crippen molar-refractivity contribution in [3.05, 3.63) is 47.9 Å². The molecule has 1 fully saturated rings. The van der Waals surface area contributed by atoms with Crippen LogP contribution < -0.4 is 0 Å². The van der Waals surface area contributed by atoms with E-state index in [9.17, 15) is 18.0 Å². The molecule has 0 aliphatic carbocycles. The summed E-state index contributed by atoms with van der Waals surface area (Å²) in [5.41, 5.74) is 0.852. The van der Waals surface area contributed by atoms with E-state index in [0.717, 1.165) is 37.2 Å². The van der Waals surface area contributed by atoms with E-state index in [1.54, 1.807) is 31.3 Å². The molecule has 1 amide bonds. The van der Waals surface area contributed by atoms with Crippen molar-refractivity contribution in [1.29, 1.82) is 0 Å². The predicted octanol–water partition coefficient (Wildman–Crippen LogP) is 3.43. The zero-order chi connectivity index (χ0) is 20.3. The fourth-order valence-electron chi connectivity index (χ4n) is 3.34. The number of halogens is 3. The van der Waals surface area contributed by atoms with E-state index >= 15 is 0 Å². The molecule has 8 heteroatoms. The van der Waals surface area contributed by atoms with Gasteiger partial charge in [-0.05, 0) is 31.5 Å². The van der Waals surface area contributed by atoms with Crippen molar-refractivity contribution in [3.8, 4) is 11.3 Å². The first kappa shape index (κ1) is 20.3. The Morgan fingerprint density at radius 3 is 2.79 bits per heavy atom. The molecule has 0 unspecified atom stereocenters. The van der Waals surface area contributed by atoms with Crippen molar-refractivity contribution < 1.29 is 18.0 Å². The third kappa shape index (κ3) is 4.86. The molecule has 0 radical (unpaired) electrons. The van der Waals surface area contributed by atoms with Gasteiger partial charge in [0.2, 0.25) is 5.91 Å². The second-order valence-corrected chi connectivity index (χ2v) is 7.27. The molecule has 0 saturated carbocycles. The van der Waals surface area contributed by atoms with Gasteiger partial charge in [-0.3, -0.25) is 14.7 Å². The van der Waals surface area contributed by atoms with Gasteiger partial charge in [-0.2, -0.15) is 13.2 Å². The highest BCUT2D eigenvalue weighted by Gasteiger charge is 2.30. The largest absolute Gasteiger partial charge is 0.416 e. The molecule has 2 heterocycles. The van der Waals surface area contributed by atoms with Gasteiger partial charge >= 0.3 is 6.18 Å². The maximum atomic E-state index is 13.0. The number of aromatic nitrogens is 2. The highest BCUT2D eigenvalue weighted by molar-refractivity contribution is 5.77.